The van der Waals surface area contributed by atoms with E-state index < -0.39 is 0 Å². The van der Waals surface area contributed by atoms with Crippen LogP contribution in [0.1, 0.15) is 24.7 Å². The Morgan fingerprint density at radius 3 is 2.67 bits per heavy atom. The smallest absolute Gasteiger partial charge is 0.191 e. The van der Waals surface area contributed by atoms with Crippen LogP contribution in [0.4, 0.5) is 0 Å². The summed E-state index contributed by atoms with van der Waals surface area (Å²) in [4.78, 5) is 4.50. The molecule has 1 aromatic heterocycles. The van der Waals surface area contributed by atoms with Gasteiger partial charge in [0.25, 0.3) is 0 Å². The van der Waals surface area contributed by atoms with E-state index in [2.05, 4.69) is 46.8 Å². The van der Waals surface area contributed by atoms with Crippen molar-refractivity contribution in [2.75, 3.05) is 13.1 Å². The van der Waals surface area contributed by atoms with Crippen molar-refractivity contribution in [2.24, 2.45) is 4.99 Å². The molecule has 0 aliphatic rings. The number of aliphatic imine (C=N–C) groups is 1. The maximum absolute atomic E-state index is 5.28. The van der Waals surface area contributed by atoms with Gasteiger partial charge in [-0.25, -0.2) is 4.99 Å². The summed E-state index contributed by atoms with van der Waals surface area (Å²) in [5.41, 5.74) is 1.37. The van der Waals surface area contributed by atoms with Crippen LogP contribution in [-0.2, 0) is 13.0 Å². The van der Waals surface area contributed by atoms with Gasteiger partial charge in [-0.1, -0.05) is 30.3 Å². The molecule has 0 unspecified atom stereocenters. The zero-order chi connectivity index (χ0) is 14.8. The van der Waals surface area contributed by atoms with Gasteiger partial charge in [0.15, 0.2) is 5.96 Å². The molecule has 0 saturated heterocycles. The maximum Gasteiger partial charge on any atom is 0.191 e. The molecule has 0 bridgehead atoms. The van der Waals surface area contributed by atoms with Crippen LogP contribution in [0.2, 0.25) is 0 Å². The highest BCUT2D eigenvalue weighted by Gasteiger charge is 1.99. The van der Waals surface area contributed by atoms with Gasteiger partial charge in [0.05, 0.1) is 6.26 Å². The predicted molar refractivity (Wildman–Crippen MR) is 86.3 cm³/mol. The van der Waals surface area contributed by atoms with Gasteiger partial charge in [-0.2, -0.15) is 0 Å². The fourth-order valence-corrected chi connectivity index (χ4v) is 2.05. The molecule has 0 atom stereocenters. The Labute approximate surface area is 126 Å². The highest BCUT2D eigenvalue weighted by atomic mass is 16.3. The minimum absolute atomic E-state index is 0.557. The maximum atomic E-state index is 5.28. The van der Waals surface area contributed by atoms with Gasteiger partial charge in [0.1, 0.15) is 12.3 Å². The van der Waals surface area contributed by atoms with Crippen LogP contribution in [-0.4, -0.2) is 19.0 Å². The predicted octanol–water partition coefficient (Wildman–Crippen LogP) is 2.97. The summed E-state index contributed by atoms with van der Waals surface area (Å²) in [5.74, 6) is 1.71. The third kappa shape index (κ3) is 5.73. The van der Waals surface area contributed by atoms with E-state index in [1.54, 1.807) is 6.26 Å². The SMILES string of the molecule is CCNC(=NCc1ccco1)NCCCc1ccccc1. The van der Waals surface area contributed by atoms with Gasteiger partial charge < -0.3 is 15.1 Å². The third-order valence-corrected chi connectivity index (χ3v) is 3.09. The van der Waals surface area contributed by atoms with Crippen molar-refractivity contribution in [1.29, 1.82) is 0 Å². The van der Waals surface area contributed by atoms with E-state index in [0.29, 0.717) is 6.54 Å². The van der Waals surface area contributed by atoms with E-state index in [9.17, 15) is 0 Å². The zero-order valence-electron chi connectivity index (χ0n) is 12.5. The molecular formula is C17H23N3O. The molecule has 2 rings (SSSR count). The van der Waals surface area contributed by atoms with Gasteiger partial charge in [0.2, 0.25) is 0 Å². The fourth-order valence-electron chi connectivity index (χ4n) is 2.05. The summed E-state index contributed by atoms with van der Waals surface area (Å²) < 4.78 is 5.28. The van der Waals surface area contributed by atoms with Crippen LogP contribution in [0.15, 0.2) is 58.1 Å². The Morgan fingerprint density at radius 2 is 1.95 bits per heavy atom. The first kappa shape index (κ1) is 15.2. The van der Waals surface area contributed by atoms with E-state index in [0.717, 1.165) is 37.7 Å². The van der Waals surface area contributed by atoms with E-state index in [1.807, 2.05) is 18.2 Å². The topological polar surface area (TPSA) is 49.6 Å². The second kappa shape index (κ2) is 8.84. The first-order chi connectivity index (χ1) is 10.4. The average molecular weight is 285 g/mol. The Morgan fingerprint density at radius 1 is 1.10 bits per heavy atom. The van der Waals surface area contributed by atoms with Crippen LogP contribution >= 0.6 is 0 Å². The van der Waals surface area contributed by atoms with Crippen LogP contribution < -0.4 is 10.6 Å². The van der Waals surface area contributed by atoms with Gasteiger partial charge >= 0.3 is 0 Å². The molecule has 0 aliphatic carbocycles. The summed E-state index contributed by atoms with van der Waals surface area (Å²) in [5, 5.41) is 6.59. The highest BCUT2D eigenvalue weighted by molar-refractivity contribution is 5.79. The van der Waals surface area contributed by atoms with Gasteiger partial charge in [-0.3, -0.25) is 0 Å². The molecule has 4 heteroatoms. The Kier molecular flexibility index (Phi) is 6.39. The van der Waals surface area contributed by atoms with E-state index >= 15 is 0 Å². The molecule has 0 saturated carbocycles. The van der Waals surface area contributed by atoms with E-state index in [-0.39, 0.29) is 0 Å². The molecule has 1 aromatic carbocycles. The minimum atomic E-state index is 0.557. The minimum Gasteiger partial charge on any atom is -0.467 e. The monoisotopic (exact) mass is 285 g/mol. The van der Waals surface area contributed by atoms with Crippen LogP contribution in [0, 0.1) is 0 Å². The van der Waals surface area contributed by atoms with Crippen molar-refractivity contribution in [3.05, 3.63) is 60.1 Å². The molecule has 112 valence electrons. The number of nitrogens with zero attached hydrogens (tertiary/aromatic N) is 1. The average Bonchev–Trinajstić information content (AvgIpc) is 3.03. The molecule has 4 nitrogen and oxygen atoms in total. The molecule has 1 heterocycles. The van der Waals surface area contributed by atoms with Crippen LogP contribution in [0.25, 0.3) is 0 Å². The van der Waals surface area contributed by atoms with Gasteiger partial charge in [0, 0.05) is 13.1 Å². The number of guanidine groups is 1. The molecule has 0 radical (unpaired) electrons. The number of aryl methyl sites for hydroxylation is 1. The molecule has 0 fully saturated rings. The van der Waals surface area contributed by atoms with Gasteiger partial charge in [-0.15, -0.1) is 0 Å². The number of rotatable bonds is 7. The quantitative estimate of drug-likeness (QED) is 0.467. The zero-order valence-corrected chi connectivity index (χ0v) is 12.5. The lowest BCUT2D eigenvalue weighted by molar-refractivity contribution is 0.512. The normalized spacial score (nSPS) is 11.4. The second-order valence-electron chi connectivity index (χ2n) is 4.79. The number of benzene rings is 1. The molecule has 0 amide bonds. The number of nitrogens with one attached hydrogen (secondary N) is 2. The van der Waals surface area contributed by atoms with Crippen molar-refractivity contribution in [1.82, 2.24) is 10.6 Å². The van der Waals surface area contributed by atoms with Crippen molar-refractivity contribution in [3.63, 3.8) is 0 Å². The standard InChI is InChI=1S/C17H23N3O/c1-2-18-17(20-14-16-11-7-13-21-16)19-12-6-10-15-8-4-3-5-9-15/h3-5,7-9,11,13H,2,6,10,12,14H2,1H3,(H2,18,19,20). The first-order valence-corrected chi connectivity index (χ1v) is 7.47. The van der Waals surface area contributed by atoms with E-state index in [4.69, 9.17) is 4.42 Å². The van der Waals surface area contributed by atoms with Crippen LogP contribution in [0.3, 0.4) is 0 Å². The summed E-state index contributed by atoms with van der Waals surface area (Å²) in [6.45, 7) is 4.37. The van der Waals surface area contributed by atoms with Crippen molar-refractivity contribution in [3.8, 4) is 0 Å². The molecule has 0 spiro atoms. The third-order valence-electron chi connectivity index (χ3n) is 3.09. The summed E-state index contributed by atoms with van der Waals surface area (Å²) >= 11 is 0. The summed E-state index contributed by atoms with van der Waals surface area (Å²) in [7, 11) is 0. The fraction of sp³-hybridized carbons (Fsp3) is 0.353. The number of hydrogen-bond acceptors (Lipinski definition) is 2. The largest absolute Gasteiger partial charge is 0.467 e. The lowest BCUT2D eigenvalue weighted by Crippen LogP contribution is -2.37. The molecule has 21 heavy (non-hydrogen) atoms. The number of furan rings is 1. The van der Waals surface area contributed by atoms with Crippen LogP contribution in [0.5, 0.6) is 0 Å². The highest BCUT2D eigenvalue weighted by Crippen LogP contribution is 2.02. The lowest BCUT2D eigenvalue weighted by atomic mass is 10.1. The molecule has 0 aliphatic heterocycles. The Balaban J connectivity index is 1.73. The van der Waals surface area contributed by atoms with Gasteiger partial charge in [-0.05, 0) is 37.5 Å². The Bertz CT molecular complexity index is 520. The summed E-state index contributed by atoms with van der Waals surface area (Å²) in [6, 6.07) is 14.3. The summed E-state index contributed by atoms with van der Waals surface area (Å²) in [6.07, 6.45) is 3.83. The van der Waals surface area contributed by atoms with Crippen molar-refractivity contribution >= 4 is 5.96 Å². The van der Waals surface area contributed by atoms with Crippen molar-refractivity contribution in [2.45, 2.75) is 26.3 Å². The number of hydrogen-bond donors (Lipinski definition) is 2. The first-order valence-electron chi connectivity index (χ1n) is 7.47. The van der Waals surface area contributed by atoms with Crippen molar-refractivity contribution < 1.29 is 4.42 Å². The Hall–Kier alpha value is -2.23. The lowest BCUT2D eigenvalue weighted by Gasteiger charge is -2.10. The molecular weight excluding hydrogens is 262 g/mol. The molecule has 2 N–H and O–H groups in total. The molecule has 2 aromatic rings. The second-order valence-corrected chi connectivity index (χ2v) is 4.79. The van der Waals surface area contributed by atoms with E-state index in [1.165, 1.54) is 5.56 Å².